The Morgan fingerprint density at radius 2 is 1.84 bits per heavy atom. The molecule has 0 saturated carbocycles. The summed E-state index contributed by atoms with van der Waals surface area (Å²) in [6, 6.07) is 14.1. The number of amides is 3. The maximum absolute atomic E-state index is 13.3. The highest BCUT2D eigenvalue weighted by Gasteiger charge is 2.47. The zero-order valence-electron chi connectivity index (χ0n) is 19.1. The normalized spacial score (nSPS) is 18.8. The number of hydrogen-bond acceptors (Lipinski definition) is 4. The zero-order chi connectivity index (χ0) is 23.3. The van der Waals surface area contributed by atoms with Crippen molar-refractivity contribution < 1.29 is 19.1 Å². The molecule has 3 atom stereocenters. The SMILES string of the molecule is CCC(=O)Nc1cccc([C@@H]2OC(=O)N(Cc3ccc(C)cc3)[C@H]2C(=O)N[C@H](C)CC)c1. The van der Waals surface area contributed by atoms with Gasteiger partial charge in [0.15, 0.2) is 12.1 Å². The average molecular weight is 438 g/mol. The average Bonchev–Trinajstić information content (AvgIpc) is 3.11. The Kier molecular flexibility index (Phi) is 7.51. The van der Waals surface area contributed by atoms with Crippen LogP contribution in [0.15, 0.2) is 48.5 Å². The molecule has 0 radical (unpaired) electrons. The monoisotopic (exact) mass is 437 g/mol. The van der Waals surface area contributed by atoms with Gasteiger partial charge in [0.05, 0.1) is 6.54 Å². The summed E-state index contributed by atoms with van der Waals surface area (Å²) >= 11 is 0. The third-order valence-corrected chi connectivity index (χ3v) is 5.65. The molecule has 3 rings (SSSR count). The Morgan fingerprint density at radius 3 is 2.50 bits per heavy atom. The van der Waals surface area contributed by atoms with E-state index in [-0.39, 0.29) is 24.4 Å². The highest BCUT2D eigenvalue weighted by Crippen LogP contribution is 2.35. The zero-order valence-corrected chi connectivity index (χ0v) is 19.1. The molecule has 1 heterocycles. The Hall–Kier alpha value is -3.35. The number of rotatable bonds is 8. The number of nitrogens with zero attached hydrogens (tertiary/aromatic N) is 1. The Bertz CT molecular complexity index is 973. The quantitative estimate of drug-likeness (QED) is 0.644. The van der Waals surface area contributed by atoms with E-state index in [4.69, 9.17) is 4.74 Å². The molecule has 1 saturated heterocycles. The van der Waals surface area contributed by atoms with Crippen LogP contribution in [0.3, 0.4) is 0 Å². The van der Waals surface area contributed by atoms with E-state index in [1.807, 2.05) is 45.0 Å². The van der Waals surface area contributed by atoms with Crippen LogP contribution in [-0.4, -0.2) is 34.9 Å². The lowest BCUT2D eigenvalue weighted by Crippen LogP contribution is -2.48. The molecule has 0 aliphatic carbocycles. The van der Waals surface area contributed by atoms with Gasteiger partial charge < -0.3 is 15.4 Å². The van der Waals surface area contributed by atoms with E-state index < -0.39 is 18.2 Å². The van der Waals surface area contributed by atoms with Gasteiger partial charge in [-0.05, 0) is 43.5 Å². The fraction of sp³-hybridized carbons (Fsp3) is 0.400. The summed E-state index contributed by atoms with van der Waals surface area (Å²) in [4.78, 5) is 39.4. The van der Waals surface area contributed by atoms with Gasteiger partial charge in [-0.1, -0.05) is 55.8 Å². The third-order valence-electron chi connectivity index (χ3n) is 5.65. The van der Waals surface area contributed by atoms with Gasteiger partial charge in [-0.3, -0.25) is 14.5 Å². The summed E-state index contributed by atoms with van der Waals surface area (Å²) in [5.41, 5.74) is 3.29. The van der Waals surface area contributed by atoms with Crippen LogP contribution in [0.2, 0.25) is 0 Å². The molecule has 1 fully saturated rings. The molecule has 2 aromatic rings. The Morgan fingerprint density at radius 1 is 1.12 bits per heavy atom. The van der Waals surface area contributed by atoms with Gasteiger partial charge in [0, 0.05) is 18.2 Å². The van der Waals surface area contributed by atoms with Crippen LogP contribution in [0.25, 0.3) is 0 Å². The molecule has 32 heavy (non-hydrogen) atoms. The predicted molar refractivity (Wildman–Crippen MR) is 123 cm³/mol. The predicted octanol–water partition coefficient (Wildman–Crippen LogP) is 4.32. The smallest absolute Gasteiger partial charge is 0.411 e. The standard InChI is InChI=1S/C25H31N3O4/c1-5-17(4)26-24(30)22-23(19-8-7-9-20(14-19)27-21(29)6-2)32-25(31)28(22)15-18-12-10-16(3)11-13-18/h7-14,17,22-23H,5-6,15H2,1-4H3,(H,26,30)(H,27,29)/t17-,22-,23+/m1/s1. The van der Waals surface area contributed by atoms with Crippen molar-refractivity contribution >= 4 is 23.6 Å². The number of hydrogen-bond donors (Lipinski definition) is 2. The van der Waals surface area contributed by atoms with Crippen molar-refractivity contribution in [3.05, 3.63) is 65.2 Å². The number of cyclic esters (lactones) is 1. The van der Waals surface area contributed by atoms with Crippen molar-refractivity contribution in [1.29, 1.82) is 0 Å². The molecule has 0 bridgehead atoms. The van der Waals surface area contributed by atoms with Gasteiger partial charge in [0.25, 0.3) is 0 Å². The number of carbonyl (C=O) groups is 3. The molecular weight excluding hydrogens is 406 g/mol. The second-order valence-corrected chi connectivity index (χ2v) is 8.21. The number of carbonyl (C=O) groups excluding carboxylic acids is 3. The van der Waals surface area contributed by atoms with Crippen LogP contribution < -0.4 is 10.6 Å². The number of nitrogens with one attached hydrogen (secondary N) is 2. The molecular formula is C25H31N3O4. The second-order valence-electron chi connectivity index (χ2n) is 8.21. The summed E-state index contributed by atoms with van der Waals surface area (Å²) in [5, 5.41) is 5.80. The minimum absolute atomic E-state index is 0.0322. The minimum atomic E-state index is -0.824. The maximum Gasteiger partial charge on any atom is 0.411 e. The van der Waals surface area contributed by atoms with Gasteiger partial charge in [0.2, 0.25) is 11.8 Å². The van der Waals surface area contributed by atoms with Gasteiger partial charge >= 0.3 is 6.09 Å². The maximum atomic E-state index is 13.3. The van der Waals surface area contributed by atoms with Crippen molar-refractivity contribution in [3.8, 4) is 0 Å². The summed E-state index contributed by atoms with van der Waals surface area (Å²) in [6.45, 7) is 7.95. The molecule has 0 spiro atoms. The van der Waals surface area contributed by atoms with E-state index in [2.05, 4.69) is 10.6 Å². The molecule has 170 valence electrons. The Balaban J connectivity index is 1.92. The lowest BCUT2D eigenvalue weighted by atomic mass is 9.99. The van der Waals surface area contributed by atoms with Crippen molar-refractivity contribution in [1.82, 2.24) is 10.2 Å². The molecule has 3 amide bonds. The molecule has 0 unspecified atom stereocenters. The summed E-state index contributed by atoms with van der Waals surface area (Å²) < 4.78 is 5.70. The summed E-state index contributed by atoms with van der Waals surface area (Å²) in [5.74, 6) is -0.372. The molecule has 0 aromatic heterocycles. The summed E-state index contributed by atoms with van der Waals surface area (Å²) in [6.07, 6.45) is -0.195. The molecule has 1 aliphatic rings. The van der Waals surface area contributed by atoms with Crippen LogP contribution in [0, 0.1) is 6.92 Å². The minimum Gasteiger partial charge on any atom is -0.438 e. The fourth-order valence-corrected chi connectivity index (χ4v) is 3.57. The van der Waals surface area contributed by atoms with Crippen molar-refractivity contribution in [2.45, 2.75) is 65.3 Å². The van der Waals surface area contributed by atoms with E-state index in [9.17, 15) is 14.4 Å². The van der Waals surface area contributed by atoms with Crippen LogP contribution in [0.4, 0.5) is 10.5 Å². The van der Waals surface area contributed by atoms with Crippen LogP contribution >= 0.6 is 0 Å². The lowest BCUT2D eigenvalue weighted by Gasteiger charge is -2.26. The number of aryl methyl sites for hydroxylation is 1. The van der Waals surface area contributed by atoms with Gasteiger partial charge in [-0.25, -0.2) is 4.79 Å². The first kappa shape index (κ1) is 23.3. The number of anilines is 1. The number of benzene rings is 2. The molecule has 2 N–H and O–H groups in total. The first-order valence-electron chi connectivity index (χ1n) is 11.0. The summed E-state index contributed by atoms with van der Waals surface area (Å²) in [7, 11) is 0. The first-order valence-corrected chi connectivity index (χ1v) is 11.0. The van der Waals surface area contributed by atoms with Crippen LogP contribution in [-0.2, 0) is 20.9 Å². The molecule has 2 aromatic carbocycles. The second kappa shape index (κ2) is 10.3. The Labute approximate surface area is 189 Å². The van der Waals surface area contributed by atoms with E-state index >= 15 is 0 Å². The highest BCUT2D eigenvalue weighted by molar-refractivity contribution is 5.91. The van der Waals surface area contributed by atoms with Gasteiger partial charge in [0.1, 0.15) is 0 Å². The van der Waals surface area contributed by atoms with Crippen LogP contribution in [0.5, 0.6) is 0 Å². The van der Waals surface area contributed by atoms with Crippen molar-refractivity contribution in [2.24, 2.45) is 0 Å². The molecule has 1 aliphatic heterocycles. The largest absolute Gasteiger partial charge is 0.438 e. The van der Waals surface area contributed by atoms with Gasteiger partial charge in [-0.2, -0.15) is 0 Å². The lowest BCUT2D eigenvalue weighted by molar-refractivity contribution is -0.127. The van der Waals surface area contributed by atoms with Crippen LogP contribution in [0.1, 0.15) is 56.4 Å². The fourth-order valence-electron chi connectivity index (χ4n) is 3.57. The first-order chi connectivity index (χ1) is 15.3. The van der Waals surface area contributed by atoms with Crippen molar-refractivity contribution in [2.75, 3.05) is 5.32 Å². The van der Waals surface area contributed by atoms with Gasteiger partial charge in [-0.15, -0.1) is 0 Å². The number of ether oxygens (including phenoxy) is 1. The van der Waals surface area contributed by atoms with E-state index in [1.54, 1.807) is 31.2 Å². The van der Waals surface area contributed by atoms with E-state index in [0.717, 1.165) is 17.5 Å². The molecule has 7 nitrogen and oxygen atoms in total. The molecule has 7 heteroatoms. The van der Waals surface area contributed by atoms with E-state index in [0.29, 0.717) is 17.7 Å². The topological polar surface area (TPSA) is 87.7 Å². The van der Waals surface area contributed by atoms with E-state index in [1.165, 1.54) is 4.90 Å². The highest BCUT2D eigenvalue weighted by atomic mass is 16.6. The third kappa shape index (κ3) is 5.46. The van der Waals surface area contributed by atoms with Crippen molar-refractivity contribution in [3.63, 3.8) is 0 Å².